The molecule has 6 aromatic carbocycles. The Balaban J connectivity index is 1.25. The van der Waals surface area contributed by atoms with Crippen molar-refractivity contribution < 1.29 is 0 Å². The molecule has 8 aliphatic carbocycles. The van der Waals surface area contributed by atoms with Crippen LogP contribution in [0.3, 0.4) is 0 Å². The molecule has 0 aliphatic heterocycles. The van der Waals surface area contributed by atoms with Gasteiger partial charge in [-0.05, 0) is 257 Å². The second-order valence-electron chi connectivity index (χ2n) is 26.1. The van der Waals surface area contributed by atoms with Crippen LogP contribution in [0.1, 0.15) is 177 Å². The molecule has 8 bridgehead atoms. The summed E-state index contributed by atoms with van der Waals surface area (Å²) in [4.78, 5) is 0. The molecule has 14 rings (SSSR count). The van der Waals surface area contributed by atoms with Crippen LogP contribution in [0, 0.1) is 10.8 Å². The van der Waals surface area contributed by atoms with E-state index in [1.54, 1.807) is 0 Å². The first-order valence-electron chi connectivity index (χ1n) is 29.0. The van der Waals surface area contributed by atoms with Crippen LogP contribution in [-0.2, 0) is 32.5 Å². The quantitative estimate of drug-likeness (QED) is 0.0758. The van der Waals surface area contributed by atoms with Gasteiger partial charge in [-0.2, -0.15) is 0 Å². The molecule has 0 atom stereocenters. The van der Waals surface area contributed by atoms with Gasteiger partial charge in [-0.15, -0.1) is 0 Å². The third-order valence-corrected chi connectivity index (χ3v) is 21.6. The minimum atomic E-state index is -0.240. The minimum absolute atomic E-state index is 0.188. The molecule has 0 radical (unpaired) electrons. The Hall–Kier alpha value is -7.80. The fraction of sp³-hybridized carbons (Fsp3) is 0.250. The molecular formula is C80H78. The third-order valence-electron chi connectivity index (χ3n) is 21.6. The first-order chi connectivity index (χ1) is 38.5. The third kappa shape index (κ3) is 7.98. The Morgan fingerprint density at radius 1 is 0.175 bits per heavy atom. The van der Waals surface area contributed by atoms with Gasteiger partial charge in [0.2, 0.25) is 0 Å². The Morgan fingerprint density at radius 3 is 0.388 bits per heavy atom. The summed E-state index contributed by atoms with van der Waals surface area (Å²) in [6, 6.07) is 43.6. The van der Waals surface area contributed by atoms with Crippen molar-refractivity contribution in [2.24, 2.45) is 10.8 Å². The van der Waals surface area contributed by atoms with Gasteiger partial charge >= 0.3 is 0 Å². The number of rotatable bonds is 19. The highest BCUT2D eigenvalue weighted by Crippen LogP contribution is 2.86. The van der Waals surface area contributed by atoms with Crippen molar-refractivity contribution in [1.82, 2.24) is 0 Å². The van der Waals surface area contributed by atoms with Gasteiger partial charge in [0, 0.05) is 0 Å². The molecule has 398 valence electrons. The molecule has 80 heavy (non-hydrogen) atoms. The average molecular weight is 1040 g/mol. The topological polar surface area (TPSA) is 0 Å². The molecule has 8 fully saturated rings. The first-order valence-corrected chi connectivity index (χ1v) is 29.0. The van der Waals surface area contributed by atoms with E-state index in [4.69, 9.17) is 0 Å². The van der Waals surface area contributed by atoms with Crippen LogP contribution in [0.4, 0.5) is 0 Å². The Morgan fingerprint density at radius 2 is 0.287 bits per heavy atom. The molecule has 0 nitrogen and oxygen atoms in total. The van der Waals surface area contributed by atoms with Gasteiger partial charge in [0.1, 0.15) is 0 Å². The van der Waals surface area contributed by atoms with Crippen molar-refractivity contribution in [3.8, 4) is 0 Å². The molecule has 0 unspecified atom stereocenters. The molecule has 0 heteroatoms. The number of hydrogen-bond acceptors (Lipinski definition) is 0. The van der Waals surface area contributed by atoms with E-state index < -0.39 is 0 Å². The van der Waals surface area contributed by atoms with Crippen molar-refractivity contribution in [2.45, 2.75) is 110 Å². The van der Waals surface area contributed by atoms with Crippen LogP contribution in [0.5, 0.6) is 0 Å². The molecule has 0 amide bonds. The minimum Gasteiger partial charge on any atom is -0.0985 e. The van der Waals surface area contributed by atoms with Crippen molar-refractivity contribution in [2.75, 3.05) is 0 Å². The van der Waals surface area contributed by atoms with Crippen LogP contribution in [0.2, 0.25) is 0 Å². The maximum atomic E-state index is 4.41. The van der Waals surface area contributed by atoms with Gasteiger partial charge in [0.15, 0.2) is 0 Å². The predicted octanol–water partition coefficient (Wildman–Crippen LogP) is 21.1. The predicted molar refractivity (Wildman–Crippen MR) is 350 cm³/mol. The molecule has 6 aromatic rings. The maximum Gasteiger partial charge on any atom is -0.00241 e. The lowest BCUT2D eigenvalue weighted by atomic mass is 9.23. The van der Waals surface area contributed by atoms with Crippen LogP contribution in [-0.4, -0.2) is 0 Å². The van der Waals surface area contributed by atoms with Crippen molar-refractivity contribution in [3.63, 3.8) is 0 Å². The Labute approximate surface area is 478 Å². The van der Waals surface area contributed by atoms with E-state index in [1.807, 2.05) is 72.9 Å². The summed E-state index contributed by atoms with van der Waals surface area (Å²) in [5.41, 5.74) is 20.4. The van der Waals surface area contributed by atoms with Gasteiger partial charge in [0.25, 0.3) is 0 Å². The summed E-state index contributed by atoms with van der Waals surface area (Å²) in [7, 11) is 0. The van der Waals surface area contributed by atoms with Crippen LogP contribution >= 0.6 is 0 Å². The lowest BCUT2D eigenvalue weighted by Crippen LogP contribution is -2.75. The summed E-state index contributed by atoms with van der Waals surface area (Å²) in [6.07, 6.45) is 37.2. The van der Waals surface area contributed by atoms with Crippen molar-refractivity contribution in [1.29, 1.82) is 0 Å². The van der Waals surface area contributed by atoms with Crippen LogP contribution in [0.15, 0.2) is 188 Å². The summed E-state index contributed by atoms with van der Waals surface area (Å²) in [5, 5.41) is 0. The van der Waals surface area contributed by atoms with Crippen LogP contribution in [0.25, 0.3) is 72.9 Å². The lowest BCUT2D eigenvalue weighted by Gasteiger charge is -2.81. The van der Waals surface area contributed by atoms with E-state index in [0.29, 0.717) is 0 Å². The zero-order valence-corrected chi connectivity index (χ0v) is 47.3. The van der Waals surface area contributed by atoms with E-state index in [9.17, 15) is 0 Å². The highest BCUT2D eigenvalue weighted by molar-refractivity contribution is 5.68. The van der Waals surface area contributed by atoms with E-state index in [0.717, 1.165) is 144 Å². The summed E-state index contributed by atoms with van der Waals surface area (Å²) < 4.78 is 0. The smallest absolute Gasteiger partial charge is 0.00241 e. The normalized spacial score (nSPS) is 30.1. The van der Waals surface area contributed by atoms with E-state index in [1.165, 1.54) is 33.4 Å². The Bertz CT molecular complexity index is 2930. The number of benzene rings is 6. The molecule has 8 aliphatic rings. The van der Waals surface area contributed by atoms with Gasteiger partial charge < -0.3 is 0 Å². The lowest BCUT2D eigenvalue weighted by molar-refractivity contribution is -0.237. The second-order valence-corrected chi connectivity index (χ2v) is 26.1. The van der Waals surface area contributed by atoms with E-state index in [2.05, 4.69) is 188 Å². The zero-order valence-electron chi connectivity index (χ0n) is 47.3. The highest BCUT2D eigenvalue weighted by Gasteiger charge is 2.79. The largest absolute Gasteiger partial charge is 0.0985 e. The van der Waals surface area contributed by atoms with Gasteiger partial charge in [-0.1, -0.05) is 225 Å². The van der Waals surface area contributed by atoms with Gasteiger partial charge in [-0.25, -0.2) is 0 Å². The van der Waals surface area contributed by atoms with E-state index >= 15 is 0 Å². The summed E-state index contributed by atoms with van der Waals surface area (Å²) >= 11 is 0. The zero-order chi connectivity index (χ0) is 56.1. The molecule has 0 N–H and O–H groups in total. The standard InChI is InChI=1S/C80H78/c1-13-55-25-56(14-2)32-67(31-55)73-43-74(68-33-57(15-3)26-58(16-4)34-68)45-75(44-73,69-35-59(17-5)27-60(18-6)36-69)51-79(49-73,50-74)80-52-76(70-37-61(19-7)28-62(20-8)38-70)46-77(53-80,71-39-63(21-9)29-64(22-10)40-71)48-78(47-76,54-80)72-41-65(23-11)30-66(24-12)42-72/h13-42H,1-12,43-54H2. The highest BCUT2D eigenvalue weighted by atomic mass is 14.8. The summed E-state index contributed by atoms with van der Waals surface area (Å²) in [6.45, 7) is 52.9. The maximum absolute atomic E-state index is 4.41. The van der Waals surface area contributed by atoms with Gasteiger partial charge in [0.05, 0.1) is 0 Å². The summed E-state index contributed by atoms with van der Waals surface area (Å²) in [5.74, 6) is 0. The van der Waals surface area contributed by atoms with E-state index in [-0.39, 0.29) is 43.3 Å². The molecule has 8 saturated carbocycles. The first kappa shape index (κ1) is 52.9. The monoisotopic (exact) mass is 1040 g/mol. The molecule has 0 saturated heterocycles. The van der Waals surface area contributed by atoms with Gasteiger partial charge in [-0.3, -0.25) is 0 Å². The fourth-order valence-electron chi connectivity index (χ4n) is 19.5. The fourth-order valence-corrected chi connectivity index (χ4v) is 19.5. The molecular weight excluding hydrogens is 961 g/mol. The number of hydrogen-bond donors (Lipinski definition) is 0. The molecule has 0 heterocycles. The molecule has 0 spiro atoms. The SMILES string of the molecule is C=Cc1cc(C=C)cc(C23CC4(c5cc(C=C)cc(C=C)c5)CC(c5cc(C=C)cc(C=C)c5)(C2)CC(C25CC6(c7cc(C=C)cc(C=C)c7)CC(c7cc(C=C)cc(C=C)c7)(CC(c7cc(C=C)cc(C=C)c7)(C6)C2)C5)(C3)C4)c1. The van der Waals surface area contributed by atoms with Crippen molar-refractivity contribution in [3.05, 3.63) is 288 Å². The second kappa shape index (κ2) is 18.9. The van der Waals surface area contributed by atoms with Crippen LogP contribution < -0.4 is 0 Å². The average Bonchev–Trinajstić information content (AvgIpc) is 3.62. The Kier molecular flexibility index (Phi) is 12.5. The molecule has 0 aromatic heterocycles. The van der Waals surface area contributed by atoms with Crippen molar-refractivity contribution >= 4 is 72.9 Å².